The van der Waals surface area contributed by atoms with Gasteiger partial charge in [0.25, 0.3) is 0 Å². The number of fused-ring (bicyclic) bond motifs is 2. The third kappa shape index (κ3) is 2.58. The van der Waals surface area contributed by atoms with Crippen LogP contribution in [0.5, 0.6) is 0 Å². The van der Waals surface area contributed by atoms with E-state index < -0.39 is 12.2 Å². The van der Waals surface area contributed by atoms with Gasteiger partial charge in [0, 0.05) is 34.9 Å². The van der Waals surface area contributed by atoms with Crippen LogP contribution in [0.1, 0.15) is 13.3 Å². The lowest BCUT2D eigenvalue weighted by molar-refractivity contribution is 0.0210. The maximum atomic E-state index is 10.3. The van der Waals surface area contributed by atoms with Gasteiger partial charge in [0.2, 0.25) is 0 Å². The van der Waals surface area contributed by atoms with Gasteiger partial charge in [-0.05, 0) is 24.5 Å². The van der Waals surface area contributed by atoms with Crippen molar-refractivity contribution in [1.29, 1.82) is 0 Å². The molecule has 3 aromatic heterocycles. The minimum atomic E-state index is -0.799. The third-order valence-electron chi connectivity index (χ3n) is 5.53. The second-order valence-electron chi connectivity index (χ2n) is 7.32. The SMILES string of the molecule is C[C@@H]1C[C@@H](Nc2ccnc3cc(-c4c[nH]c5ccccc45)nn23)[C@H](O)[C@@H]1O. The van der Waals surface area contributed by atoms with E-state index in [4.69, 9.17) is 5.10 Å². The molecule has 0 spiro atoms. The number of para-hydroxylation sites is 1. The summed E-state index contributed by atoms with van der Waals surface area (Å²) in [5.74, 6) is 0.797. The predicted molar refractivity (Wildman–Crippen MR) is 103 cm³/mol. The van der Waals surface area contributed by atoms with E-state index in [-0.39, 0.29) is 12.0 Å². The number of hydrogen-bond donors (Lipinski definition) is 4. The van der Waals surface area contributed by atoms with Gasteiger partial charge in [0.1, 0.15) is 11.9 Å². The van der Waals surface area contributed by atoms with Gasteiger partial charge < -0.3 is 20.5 Å². The lowest BCUT2D eigenvalue weighted by Crippen LogP contribution is -2.35. The Morgan fingerprint density at radius 1 is 1.19 bits per heavy atom. The monoisotopic (exact) mass is 363 g/mol. The molecule has 0 saturated heterocycles. The molecule has 0 unspecified atom stereocenters. The molecule has 1 aromatic carbocycles. The molecule has 1 aliphatic carbocycles. The van der Waals surface area contributed by atoms with E-state index in [1.807, 2.05) is 43.5 Å². The van der Waals surface area contributed by atoms with Crippen molar-refractivity contribution in [2.75, 3.05) is 5.32 Å². The van der Waals surface area contributed by atoms with Crippen molar-refractivity contribution in [3.8, 4) is 11.3 Å². The highest BCUT2D eigenvalue weighted by atomic mass is 16.3. The molecule has 27 heavy (non-hydrogen) atoms. The molecule has 4 aromatic rings. The summed E-state index contributed by atoms with van der Waals surface area (Å²) in [7, 11) is 0. The minimum Gasteiger partial charge on any atom is -0.390 e. The lowest BCUT2D eigenvalue weighted by atomic mass is 10.1. The van der Waals surface area contributed by atoms with Gasteiger partial charge in [-0.25, -0.2) is 4.98 Å². The van der Waals surface area contributed by atoms with Crippen molar-refractivity contribution in [2.24, 2.45) is 5.92 Å². The zero-order chi connectivity index (χ0) is 18.5. The Morgan fingerprint density at radius 3 is 2.85 bits per heavy atom. The molecule has 5 rings (SSSR count). The van der Waals surface area contributed by atoms with Crippen LogP contribution in [0.4, 0.5) is 5.82 Å². The van der Waals surface area contributed by atoms with E-state index in [0.29, 0.717) is 6.42 Å². The van der Waals surface area contributed by atoms with E-state index in [0.717, 1.165) is 33.6 Å². The van der Waals surface area contributed by atoms with Crippen LogP contribution in [0.25, 0.3) is 27.8 Å². The number of benzene rings is 1. The number of hydrogen-bond acceptors (Lipinski definition) is 5. The Bertz CT molecular complexity index is 1120. The molecular weight excluding hydrogens is 342 g/mol. The number of nitrogens with zero attached hydrogens (tertiary/aromatic N) is 3. The highest BCUT2D eigenvalue weighted by Gasteiger charge is 2.39. The first-order valence-electron chi connectivity index (χ1n) is 9.16. The second kappa shape index (κ2) is 6.07. The molecule has 3 heterocycles. The van der Waals surface area contributed by atoms with E-state index in [9.17, 15) is 10.2 Å². The van der Waals surface area contributed by atoms with Crippen LogP contribution in [-0.2, 0) is 0 Å². The number of anilines is 1. The van der Waals surface area contributed by atoms with Gasteiger partial charge in [-0.3, -0.25) is 0 Å². The number of rotatable bonds is 3. The minimum absolute atomic E-state index is 0.0502. The first kappa shape index (κ1) is 16.3. The summed E-state index contributed by atoms with van der Waals surface area (Å²) in [6, 6.07) is 11.7. The average molecular weight is 363 g/mol. The van der Waals surface area contributed by atoms with Crippen molar-refractivity contribution in [3.05, 3.63) is 48.8 Å². The van der Waals surface area contributed by atoms with E-state index >= 15 is 0 Å². The van der Waals surface area contributed by atoms with Gasteiger partial charge >= 0.3 is 0 Å². The lowest BCUT2D eigenvalue weighted by Gasteiger charge is -2.19. The Balaban J connectivity index is 1.54. The first-order valence-corrected chi connectivity index (χ1v) is 9.16. The highest BCUT2D eigenvalue weighted by molar-refractivity contribution is 5.95. The van der Waals surface area contributed by atoms with Gasteiger partial charge in [-0.2, -0.15) is 9.61 Å². The van der Waals surface area contributed by atoms with Crippen LogP contribution in [0.2, 0.25) is 0 Å². The van der Waals surface area contributed by atoms with E-state index in [1.165, 1.54) is 0 Å². The Kier molecular flexibility index (Phi) is 3.66. The van der Waals surface area contributed by atoms with Crippen LogP contribution >= 0.6 is 0 Å². The summed E-state index contributed by atoms with van der Waals surface area (Å²) in [5, 5.41) is 29.5. The van der Waals surface area contributed by atoms with E-state index in [1.54, 1.807) is 10.7 Å². The molecule has 0 aliphatic heterocycles. The van der Waals surface area contributed by atoms with Crippen LogP contribution in [0, 0.1) is 5.92 Å². The molecule has 138 valence electrons. The molecule has 4 N–H and O–H groups in total. The highest BCUT2D eigenvalue weighted by Crippen LogP contribution is 2.31. The van der Waals surface area contributed by atoms with Gasteiger partial charge in [-0.1, -0.05) is 25.1 Å². The van der Waals surface area contributed by atoms with E-state index in [2.05, 4.69) is 21.4 Å². The number of aromatic amines is 1. The first-order chi connectivity index (χ1) is 13.1. The largest absolute Gasteiger partial charge is 0.390 e. The zero-order valence-corrected chi connectivity index (χ0v) is 14.9. The number of aromatic nitrogens is 4. The smallest absolute Gasteiger partial charge is 0.157 e. The maximum Gasteiger partial charge on any atom is 0.157 e. The van der Waals surface area contributed by atoms with Crippen LogP contribution in [-0.4, -0.2) is 48.0 Å². The summed E-state index contributed by atoms with van der Waals surface area (Å²) in [6.45, 7) is 1.95. The fraction of sp³-hybridized carbons (Fsp3) is 0.300. The quantitative estimate of drug-likeness (QED) is 0.448. The van der Waals surface area contributed by atoms with Crippen molar-refractivity contribution in [2.45, 2.75) is 31.6 Å². The summed E-state index contributed by atoms with van der Waals surface area (Å²) < 4.78 is 1.75. The molecule has 4 atom stereocenters. The van der Waals surface area contributed by atoms with Crippen molar-refractivity contribution < 1.29 is 10.2 Å². The topological polar surface area (TPSA) is 98.5 Å². The Hall–Kier alpha value is -2.90. The molecule has 7 heteroatoms. The number of aliphatic hydroxyl groups is 2. The molecule has 0 radical (unpaired) electrons. The molecule has 1 saturated carbocycles. The fourth-order valence-electron chi connectivity index (χ4n) is 4.01. The average Bonchev–Trinajstić information content (AvgIpc) is 3.35. The number of aliphatic hydroxyl groups excluding tert-OH is 2. The zero-order valence-electron chi connectivity index (χ0n) is 14.9. The maximum absolute atomic E-state index is 10.3. The second-order valence-corrected chi connectivity index (χ2v) is 7.32. The molecule has 1 fully saturated rings. The van der Waals surface area contributed by atoms with Crippen LogP contribution in [0.15, 0.2) is 48.8 Å². The van der Waals surface area contributed by atoms with Gasteiger partial charge in [-0.15, -0.1) is 0 Å². The predicted octanol–water partition coefficient (Wildman–Crippen LogP) is 2.42. The van der Waals surface area contributed by atoms with Crippen molar-refractivity contribution in [3.63, 3.8) is 0 Å². The summed E-state index contributed by atoms with van der Waals surface area (Å²) in [6.07, 6.45) is 2.87. The standard InChI is InChI=1S/C20H21N5O2/c1-11-8-16(20(27)19(11)26)23-17-6-7-21-18-9-15(24-25(17)18)13-10-22-14-5-3-2-4-12(13)14/h2-7,9-11,16,19-20,22-23,26-27H,8H2,1H3/t11-,16-,19-,20+/m1/s1. The Morgan fingerprint density at radius 2 is 2.04 bits per heavy atom. The van der Waals surface area contributed by atoms with Crippen LogP contribution < -0.4 is 5.32 Å². The van der Waals surface area contributed by atoms with Gasteiger partial charge in [0.05, 0.1) is 17.8 Å². The molecule has 1 aliphatic rings. The molecule has 0 bridgehead atoms. The third-order valence-corrected chi connectivity index (χ3v) is 5.53. The van der Waals surface area contributed by atoms with Crippen molar-refractivity contribution >= 4 is 22.4 Å². The number of nitrogens with one attached hydrogen (secondary N) is 2. The summed E-state index contributed by atoms with van der Waals surface area (Å²) in [4.78, 5) is 7.69. The summed E-state index contributed by atoms with van der Waals surface area (Å²) >= 11 is 0. The fourth-order valence-corrected chi connectivity index (χ4v) is 4.01. The molecule has 7 nitrogen and oxygen atoms in total. The van der Waals surface area contributed by atoms with Crippen LogP contribution in [0.3, 0.4) is 0 Å². The Labute approximate surface area is 155 Å². The summed E-state index contributed by atoms with van der Waals surface area (Å²) in [5.41, 5.74) is 3.64. The molecular formula is C20H21N5O2. The molecule has 0 amide bonds. The van der Waals surface area contributed by atoms with Gasteiger partial charge in [0.15, 0.2) is 5.65 Å². The normalized spacial score (nSPS) is 25.4. The number of H-pyrrole nitrogens is 1. The van der Waals surface area contributed by atoms with Crippen molar-refractivity contribution in [1.82, 2.24) is 19.6 Å².